The maximum Gasteiger partial charge on any atom is 0.277 e. The summed E-state index contributed by atoms with van der Waals surface area (Å²) in [6.07, 6.45) is 5.46. The molecule has 3 aromatic heterocycles. The van der Waals surface area contributed by atoms with Crippen LogP contribution in [0, 0.1) is 6.92 Å². The van der Waals surface area contributed by atoms with Gasteiger partial charge in [-0.25, -0.2) is 4.52 Å². The highest BCUT2D eigenvalue weighted by Gasteiger charge is 2.15. The zero-order valence-electron chi connectivity index (χ0n) is 19.1. The highest BCUT2D eigenvalue weighted by molar-refractivity contribution is 5.71. The summed E-state index contributed by atoms with van der Waals surface area (Å²) < 4.78 is 14.5. The van der Waals surface area contributed by atoms with Gasteiger partial charge in [-0.3, -0.25) is 4.79 Å². The number of fused-ring (bicyclic) bond motifs is 1. The molecule has 0 unspecified atom stereocenters. The molecule has 5 aromatic rings. The Hall–Kier alpha value is -4.20. The second-order valence-electron chi connectivity index (χ2n) is 8.17. The van der Waals surface area contributed by atoms with E-state index < -0.39 is 0 Å². The Morgan fingerprint density at radius 1 is 1.06 bits per heavy atom. The fourth-order valence-electron chi connectivity index (χ4n) is 3.78. The van der Waals surface area contributed by atoms with Crippen LogP contribution < -0.4 is 10.3 Å². The van der Waals surface area contributed by atoms with Crippen LogP contribution in [0.4, 0.5) is 0 Å². The second-order valence-corrected chi connectivity index (χ2v) is 8.17. The Morgan fingerprint density at radius 3 is 2.79 bits per heavy atom. The first-order valence-corrected chi connectivity index (χ1v) is 11.3. The third kappa shape index (κ3) is 4.34. The van der Waals surface area contributed by atoms with E-state index in [1.54, 1.807) is 23.0 Å². The Kier molecular flexibility index (Phi) is 5.95. The van der Waals surface area contributed by atoms with Crippen molar-refractivity contribution in [2.45, 2.75) is 33.2 Å². The summed E-state index contributed by atoms with van der Waals surface area (Å²) in [5.74, 6) is 1.62. The van der Waals surface area contributed by atoms with Crippen LogP contribution in [0.2, 0.25) is 0 Å². The normalized spacial score (nSPS) is 11.2. The number of benzene rings is 2. The van der Waals surface area contributed by atoms with Gasteiger partial charge in [0, 0.05) is 23.5 Å². The van der Waals surface area contributed by atoms with Crippen molar-refractivity contribution in [1.82, 2.24) is 24.3 Å². The monoisotopic (exact) mass is 455 g/mol. The van der Waals surface area contributed by atoms with Gasteiger partial charge in [0.2, 0.25) is 11.7 Å². The summed E-state index contributed by atoms with van der Waals surface area (Å²) in [5, 5.41) is 8.67. The van der Waals surface area contributed by atoms with Gasteiger partial charge in [-0.1, -0.05) is 54.4 Å². The smallest absolute Gasteiger partial charge is 0.277 e. The van der Waals surface area contributed by atoms with E-state index in [1.165, 1.54) is 4.57 Å². The van der Waals surface area contributed by atoms with Crippen LogP contribution in [-0.4, -0.2) is 30.9 Å². The minimum Gasteiger partial charge on any atom is -0.493 e. The van der Waals surface area contributed by atoms with Crippen LogP contribution in [-0.2, 0) is 6.54 Å². The SMILES string of the molecule is CCCCOc1ccccc1-c1cc2c(=O)n(Cc3nc(-c4cccc(C)c4)no3)ccn2n1. The molecule has 0 fully saturated rings. The molecular weight excluding hydrogens is 430 g/mol. The van der Waals surface area contributed by atoms with E-state index in [0.29, 0.717) is 29.5 Å². The lowest BCUT2D eigenvalue weighted by atomic mass is 10.1. The van der Waals surface area contributed by atoms with Gasteiger partial charge in [0.15, 0.2) is 0 Å². The minimum absolute atomic E-state index is 0.172. The fourth-order valence-corrected chi connectivity index (χ4v) is 3.78. The first kappa shape index (κ1) is 21.6. The van der Waals surface area contributed by atoms with Crippen LogP contribution in [0.25, 0.3) is 28.2 Å². The quantitative estimate of drug-likeness (QED) is 0.314. The van der Waals surface area contributed by atoms with Gasteiger partial charge in [-0.2, -0.15) is 10.1 Å². The Balaban J connectivity index is 1.43. The van der Waals surface area contributed by atoms with Crippen LogP contribution in [0.3, 0.4) is 0 Å². The van der Waals surface area contributed by atoms with Crippen molar-refractivity contribution in [3.63, 3.8) is 0 Å². The molecule has 0 bridgehead atoms. The molecule has 0 aliphatic carbocycles. The predicted molar refractivity (Wildman–Crippen MR) is 129 cm³/mol. The maximum atomic E-state index is 13.2. The molecule has 0 amide bonds. The topological polar surface area (TPSA) is 87.5 Å². The van der Waals surface area contributed by atoms with Crippen molar-refractivity contribution in [1.29, 1.82) is 0 Å². The number of hydrogen-bond acceptors (Lipinski definition) is 6. The van der Waals surface area contributed by atoms with E-state index in [0.717, 1.165) is 35.3 Å². The van der Waals surface area contributed by atoms with Crippen LogP contribution >= 0.6 is 0 Å². The maximum absolute atomic E-state index is 13.2. The fraction of sp³-hybridized carbons (Fsp3) is 0.231. The van der Waals surface area contributed by atoms with E-state index in [9.17, 15) is 4.79 Å². The highest BCUT2D eigenvalue weighted by atomic mass is 16.5. The van der Waals surface area contributed by atoms with Crippen molar-refractivity contribution in [3.05, 3.63) is 88.8 Å². The molecular formula is C26H25N5O3. The van der Waals surface area contributed by atoms with E-state index in [2.05, 4.69) is 22.2 Å². The molecule has 0 aliphatic rings. The average Bonchev–Trinajstić information content (AvgIpc) is 3.49. The van der Waals surface area contributed by atoms with Gasteiger partial charge >= 0.3 is 0 Å². The molecule has 5 rings (SSSR count). The highest BCUT2D eigenvalue weighted by Crippen LogP contribution is 2.29. The molecule has 2 aromatic carbocycles. The van der Waals surface area contributed by atoms with E-state index in [-0.39, 0.29) is 12.1 Å². The van der Waals surface area contributed by atoms with Gasteiger partial charge in [0.25, 0.3) is 5.56 Å². The van der Waals surface area contributed by atoms with Crippen LogP contribution in [0.1, 0.15) is 31.2 Å². The number of hydrogen-bond donors (Lipinski definition) is 0. The van der Waals surface area contributed by atoms with Gasteiger partial charge in [-0.05, 0) is 37.6 Å². The Morgan fingerprint density at radius 2 is 1.94 bits per heavy atom. The third-order valence-electron chi connectivity index (χ3n) is 5.57. The summed E-state index contributed by atoms with van der Waals surface area (Å²) >= 11 is 0. The molecule has 0 aliphatic heterocycles. The lowest BCUT2D eigenvalue weighted by Crippen LogP contribution is -2.21. The van der Waals surface area contributed by atoms with Crippen molar-refractivity contribution >= 4 is 5.52 Å². The van der Waals surface area contributed by atoms with E-state index in [1.807, 2.05) is 55.5 Å². The molecule has 3 heterocycles. The van der Waals surface area contributed by atoms with Crippen molar-refractivity contribution in [2.75, 3.05) is 6.61 Å². The number of rotatable bonds is 8. The van der Waals surface area contributed by atoms with Gasteiger partial charge in [0.1, 0.15) is 17.8 Å². The minimum atomic E-state index is -0.194. The first-order valence-electron chi connectivity index (χ1n) is 11.3. The van der Waals surface area contributed by atoms with Gasteiger partial charge in [-0.15, -0.1) is 0 Å². The average molecular weight is 456 g/mol. The number of aryl methyl sites for hydroxylation is 1. The molecule has 8 nitrogen and oxygen atoms in total. The zero-order valence-corrected chi connectivity index (χ0v) is 19.1. The number of ether oxygens (including phenoxy) is 1. The molecule has 0 atom stereocenters. The number of nitrogens with zero attached hydrogens (tertiary/aromatic N) is 5. The molecule has 0 saturated heterocycles. The summed E-state index contributed by atoms with van der Waals surface area (Å²) in [6.45, 7) is 4.95. The largest absolute Gasteiger partial charge is 0.493 e. The molecule has 172 valence electrons. The van der Waals surface area contributed by atoms with Gasteiger partial charge < -0.3 is 13.8 Å². The summed E-state index contributed by atoms with van der Waals surface area (Å²) in [5.41, 5.74) is 3.78. The molecule has 34 heavy (non-hydrogen) atoms. The molecule has 0 spiro atoms. The molecule has 8 heteroatoms. The third-order valence-corrected chi connectivity index (χ3v) is 5.57. The second kappa shape index (κ2) is 9.35. The lowest BCUT2D eigenvalue weighted by Gasteiger charge is -2.09. The lowest BCUT2D eigenvalue weighted by molar-refractivity contribution is 0.310. The summed E-state index contributed by atoms with van der Waals surface area (Å²) in [6, 6.07) is 17.4. The van der Waals surface area contributed by atoms with Crippen molar-refractivity contribution in [2.24, 2.45) is 0 Å². The van der Waals surface area contributed by atoms with E-state index in [4.69, 9.17) is 9.26 Å². The van der Waals surface area contributed by atoms with Crippen LogP contribution in [0.5, 0.6) is 5.75 Å². The number of unbranched alkanes of at least 4 members (excludes halogenated alkanes) is 1. The van der Waals surface area contributed by atoms with E-state index >= 15 is 0 Å². The predicted octanol–water partition coefficient (Wildman–Crippen LogP) is 4.75. The summed E-state index contributed by atoms with van der Waals surface area (Å²) in [7, 11) is 0. The summed E-state index contributed by atoms with van der Waals surface area (Å²) in [4.78, 5) is 17.6. The Labute approximate surface area is 196 Å². The van der Waals surface area contributed by atoms with Gasteiger partial charge in [0.05, 0.1) is 12.3 Å². The molecule has 0 N–H and O–H groups in total. The number of para-hydroxylation sites is 1. The molecule has 0 saturated carbocycles. The number of aromatic nitrogens is 5. The first-order chi connectivity index (χ1) is 16.6. The Bertz CT molecular complexity index is 1500. The van der Waals surface area contributed by atoms with Crippen LogP contribution in [0.15, 0.2) is 76.3 Å². The zero-order chi connectivity index (χ0) is 23.5. The molecule has 0 radical (unpaired) electrons. The standard InChI is InChI=1S/C26H25N5O3/c1-3-4-14-33-23-11-6-5-10-20(23)21-16-22-26(32)30(12-13-31(22)28-21)17-24-27-25(29-34-24)19-9-7-8-18(2)15-19/h5-13,15-16H,3-4,14,17H2,1-2H3. The van der Waals surface area contributed by atoms with Crippen molar-refractivity contribution in [3.8, 4) is 28.4 Å². The van der Waals surface area contributed by atoms with Crippen molar-refractivity contribution < 1.29 is 9.26 Å².